The predicted molar refractivity (Wildman–Crippen MR) is 65.6 cm³/mol. The molecule has 3 rings (SSSR count). The second-order valence-electron chi connectivity index (χ2n) is 3.96. The largest absolute Gasteiger partial charge is 0.403 e. The van der Waals surface area contributed by atoms with E-state index in [0.29, 0.717) is 11.1 Å². The molecule has 0 amide bonds. The molecule has 3 nitrogen and oxygen atoms in total. The van der Waals surface area contributed by atoms with Crippen LogP contribution in [-0.4, -0.2) is 4.98 Å². The summed E-state index contributed by atoms with van der Waals surface area (Å²) < 4.78 is 5.24. The number of rotatable bonds is 1. The first kappa shape index (κ1) is 10.0. The van der Waals surface area contributed by atoms with Crippen LogP contribution in [0.25, 0.3) is 23.6 Å². The molecule has 0 spiro atoms. The van der Waals surface area contributed by atoms with Gasteiger partial charge in [-0.1, -0.05) is 30.4 Å². The predicted octanol–water partition coefficient (Wildman–Crippen LogP) is 1.06. The van der Waals surface area contributed by atoms with Crippen molar-refractivity contribution in [2.24, 2.45) is 0 Å². The highest BCUT2D eigenvalue weighted by molar-refractivity contribution is 5.52. The molecule has 1 aliphatic carbocycles. The molecule has 0 bridgehead atoms. The van der Waals surface area contributed by atoms with Crippen molar-refractivity contribution in [1.82, 2.24) is 4.98 Å². The summed E-state index contributed by atoms with van der Waals surface area (Å²) >= 11 is 0. The highest BCUT2D eigenvalue weighted by Gasteiger charge is 2.06. The molecule has 0 atom stereocenters. The highest BCUT2D eigenvalue weighted by atomic mass is 16.4. The van der Waals surface area contributed by atoms with Crippen LogP contribution in [0.2, 0.25) is 0 Å². The zero-order valence-corrected chi connectivity index (χ0v) is 9.22. The molecule has 84 valence electrons. The molecule has 0 fully saturated rings. The van der Waals surface area contributed by atoms with Crippen LogP contribution in [0.5, 0.6) is 0 Å². The molecule has 0 unspecified atom stereocenters. The summed E-state index contributed by atoms with van der Waals surface area (Å²) in [5.74, 6) is 0.390. The average molecular weight is 225 g/mol. The third kappa shape index (κ3) is 1.80. The van der Waals surface area contributed by atoms with Crippen molar-refractivity contribution < 1.29 is 4.42 Å². The van der Waals surface area contributed by atoms with E-state index in [2.05, 4.69) is 4.98 Å². The van der Waals surface area contributed by atoms with E-state index in [1.165, 1.54) is 0 Å². The van der Waals surface area contributed by atoms with Gasteiger partial charge in [0.15, 0.2) is 0 Å². The topological polar surface area (TPSA) is 43.1 Å². The smallest absolute Gasteiger partial charge is 0.346 e. The lowest BCUT2D eigenvalue weighted by Gasteiger charge is -2.01. The molecule has 2 aromatic rings. The second-order valence-corrected chi connectivity index (χ2v) is 3.96. The fourth-order valence-corrected chi connectivity index (χ4v) is 1.94. The van der Waals surface area contributed by atoms with E-state index >= 15 is 0 Å². The van der Waals surface area contributed by atoms with Gasteiger partial charge in [0.1, 0.15) is 0 Å². The van der Waals surface area contributed by atoms with Crippen LogP contribution in [0.4, 0.5) is 0 Å². The lowest BCUT2D eigenvalue weighted by atomic mass is 10.1. The first-order valence-corrected chi connectivity index (χ1v) is 5.61. The van der Waals surface area contributed by atoms with Gasteiger partial charge in [0, 0.05) is 5.56 Å². The van der Waals surface area contributed by atoms with E-state index in [9.17, 15) is 4.79 Å². The van der Waals surface area contributed by atoms with Crippen molar-refractivity contribution >= 4 is 12.2 Å². The summed E-state index contributed by atoms with van der Waals surface area (Å²) in [5.41, 5.74) is 0.524. The number of hydrogen-bond acceptors (Lipinski definition) is 3. The molecule has 1 aromatic carbocycles. The number of hydrogen-bond donors (Lipinski definition) is 0. The molecule has 0 aliphatic heterocycles. The summed E-state index contributed by atoms with van der Waals surface area (Å²) in [6, 6.07) is 9.47. The minimum atomic E-state index is -0.301. The molecule has 0 saturated carbocycles. The van der Waals surface area contributed by atoms with Crippen LogP contribution in [-0.2, 0) is 0 Å². The fourth-order valence-electron chi connectivity index (χ4n) is 1.94. The maximum Gasteiger partial charge on any atom is 0.346 e. The molecular formula is C14H11NO2. The Balaban J connectivity index is 2.29. The molecule has 3 heteroatoms. The van der Waals surface area contributed by atoms with Gasteiger partial charge >= 0.3 is 5.63 Å². The molecule has 17 heavy (non-hydrogen) atoms. The monoisotopic (exact) mass is 225 g/mol. The van der Waals surface area contributed by atoms with Gasteiger partial charge in [-0.25, -0.2) is 9.78 Å². The van der Waals surface area contributed by atoms with Crippen LogP contribution in [0.15, 0.2) is 39.5 Å². The van der Waals surface area contributed by atoms with Gasteiger partial charge in [-0.15, -0.1) is 0 Å². The number of benzene rings is 1. The molecule has 1 heterocycles. The molecule has 1 aliphatic rings. The van der Waals surface area contributed by atoms with E-state index in [1.54, 1.807) is 0 Å². The Labute approximate surface area is 97.7 Å². The van der Waals surface area contributed by atoms with E-state index in [0.717, 1.165) is 23.8 Å². The molecular weight excluding hydrogens is 214 g/mol. The quantitative estimate of drug-likeness (QED) is 0.728. The van der Waals surface area contributed by atoms with Gasteiger partial charge in [-0.3, -0.25) is 0 Å². The lowest BCUT2D eigenvalue weighted by Crippen LogP contribution is -2.42. The standard InChI is InChI=1S/C14H11NO2/c16-14-11-8-4-5-9-12(11)15-13(17-14)10-6-2-1-3-7-10/h1-3,6-9H,4-5H2. The van der Waals surface area contributed by atoms with Crippen molar-refractivity contribution in [2.45, 2.75) is 12.8 Å². The average Bonchev–Trinajstić information content (AvgIpc) is 2.40. The lowest BCUT2D eigenvalue weighted by molar-refractivity contribution is 0.497. The number of nitrogens with zero attached hydrogens (tertiary/aromatic N) is 1. The van der Waals surface area contributed by atoms with Crippen LogP contribution in [0.1, 0.15) is 12.8 Å². The van der Waals surface area contributed by atoms with Gasteiger partial charge < -0.3 is 4.42 Å². The Hall–Kier alpha value is -2.16. The summed E-state index contributed by atoms with van der Waals surface area (Å²) in [5, 5.41) is 1.34. The van der Waals surface area contributed by atoms with Crippen LogP contribution < -0.4 is 16.2 Å². The summed E-state index contributed by atoms with van der Waals surface area (Å²) in [6.07, 6.45) is 5.68. The maximum absolute atomic E-state index is 11.8. The Kier molecular flexibility index (Phi) is 2.37. The first-order chi connectivity index (χ1) is 8.34. The van der Waals surface area contributed by atoms with E-state index in [1.807, 2.05) is 42.5 Å². The zero-order valence-electron chi connectivity index (χ0n) is 9.22. The molecule has 0 saturated heterocycles. The van der Waals surface area contributed by atoms with Gasteiger partial charge in [0.05, 0.1) is 10.6 Å². The summed E-state index contributed by atoms with van der Waals surface area (Å²) in [4.78, 5) is 16.2. The molecule has 0 radical (unpaired) electrons. The van der Waals surface area contributed by atoms with E-state index in [4.69, 9.17) is 4.42 Å². The first-order valence-electron chi connectivity index (χ1n) is 5.61. The number of aromatic nitrogens is 1. The van der Waals surface area contributed by atoms with Gasteiger partial charge in [0.2, 0.25) is 5.89 Å². The van der Waals surface area contributed by atoms with Gasteiger partial charge in [-0.2, -0.15) is 0 Å². The summed E-state index contributed by atoms with van der Waals surface area (Å²) in [6.45, 7) is 0. The Bertz CT molecular complexity index is 714. The van der Waals surface area contributed by atoms with Gasteiger partial charge in [0.25, 0.3) is 0 Å². The van der Waals surface area contributed by atoms with Crippen molar-refractivity contribution in [3.63, 3.8) is 0 Å². The molecule has 1 aromatic heterocycles. The summed E-state index contributed by atoms with van der Waals surface area (Å²) in [7, 11) is 0. The normalized spacial score (nSPS) is 13.4. The SMILES string of the molecule is O=c1oc(-c2ccccc2)nc2c1=CCCC=2. The minimum Gasteiger partial charge on any atom is -0.403 e. The Morgan fingerprint density at radius 2 is 1.82 bits per heavy atom. The minimum absolute atomic E-state index is 0.301. The maximum atomic E-state index is 11.8. The zero-order chi connectivity index (χ0) is 11.7. The fraction of sp³-hybridized carbons (Fsp3) is 0.143. The third-order valence-corrected chi connectivity index (χ3v) is 2.78. The Morgan fingerprint density at radius 1 is 1.06 bits per heavy atom. The van der Waals surface area contributed by atoms with Crippen LogP contribution in [0.3, 0.4) is 0 Å². The second kappa shape index (κ2) is 4.01. The highest BCUT2D eigenvalue weighted by Crippen LogP contribution is 2.12. The third-order valence-electron chi connectivity index (χ3n) is 2.78. The van der Waals surface area contributed by atoms with Crippen molar-refractivity contribution in [3.05, 3.63) is 51.3 Å². The molecule has 0 N–H and O–H groups in total. The van der Waals surface area contributed by atoms with Crippen molar-refractivity contribution in [1.29, 1.82) is 0 Å². The Morgan fingerprint density at radius 3 is 2.65 bits per heavy atom. The van der Waals surface area contributed by atoms with E-state index in [-0.39, 0.29) is 5.63 Å². The van der Waals surface area contributed by atoms with Crippen LogP contribution >= 0.6 is 0 Å². The van der Waals surface area contributed by atoms with Crippen molar-refractivity contribution in [3.8, 4) is 11.5 Å². The van der Waals surface area contributed by atoms with Crippen molar-refractivity contribution in [2.75, 3.05) is 0 Å². The van der Waals surface area contributed by atoms with Gasteiger partial charge in [-0.05, 0) is 25.0 Å². The van der Waals surface area contributed by atoms with E-state index < -0.39 is 0 Å². The number of fused-ring (bicyclic) bond motifs is 1. The van der Waals surface area contributed by atoms with Crippen LogP contribution in [0, 0.1) is 0 Å².